The third kappa shape index (κ3) is 3.94. The van der Waals surface area contributed by atoms with Crippen LogP contribution in [0.5, 0.6) is 0 Å². The molecular formula is C15H13Cl2N3O4. The molecule has 1 atom stereocenters. The second-order valence-electron chi connectivity index (χ2n) is 4.88. The normalized spacial score (nSPS) is 11.8. The molecule has 0 aliphatic carbocycles. The van der Waals surface area contributed by atoms with Gasteiger partial charge in [-0.2, -0.15) is 0 Å². The van der Waals surface area contributed by atoms with Crippen LogP contribution in [0.2, 0.25) is 10.0 Å². The summed E-state index contributed by atoms with van der Waals surface area (Å²) in [5.41, 5.74) is 5.53. The lowest BCUT2D eigenvalue weighted by Gasteiger charge is -2.17. The van der Waals surface area contributed by atoms with Crippen molar-refractivity contribution in [2.75, 3.05) is 11.9 Å². The molecule has 0 heterocycles. The highest BCUT2D eigenvalue weighted by molar-refractivity contribution is 6.36. The second kappa shape index (κ2) is 7.48. The molecule has 2 rings (SSSR count). The summed E-state index contributed by atoms with van der Waals surface area (Å²) in [5, 5.41) is 24.5. The number of non-ortho nitro benzene ring substituents is 1. The highest BCUT2D eigenvalue weighted by Crippen LogP contribution is 2.31. The number of nitrogens with one attached hydrogen (secondary N) is 1. The summed E-state index contributed by atoms with van der Waals surface area (Å²) in [7, 11) is 0. The average molecular weight is 370 g/mol. The van der Waals surface area contributed by atoms with E-state index in [1.54, 1.807) is 18.2 Å². The fourth-order valence-electron chi connectivity index (χ4n) is 2.14. The van der Waals surface area contributed by atoms with Gasteiger partial charge in [-0.3, -0.25) is 14.9 Å². The SMILES string of the molecule is NC(=O)c1cc([N+](=O)[O-])ccc1NCC(O)c1c(Cl)cccc1Cl. The summed E-state index contributed by atoms with van der Waals surface area (Å²) in [6.45, 7) is -0.0262. The van der Waals surface area contributed by atoms with E-state index in [2.05, 4.69) is 5.32 Å². The first-order valence-electron chi connectivity index (χ1n) is 6.75. The summed E-state index contributed by atoms with van der Waals surface area (Å²) in [4.78, 5) is 21.6. The number of rotatable bonds is 6. The van der Waals surface area contributed by atoms with Crippen molar-refractivity contribution < 1.29 is 14.8 Å². The van der Waals surface area contributed by atoms with Gasteiger partial charge in [0.15, 0.2) is 0 Å². The zero-order valence-corrected chi connectivity index (χ0v) is 13.7. The van der Waals surface area contributed by atoms with Crippen LogP contribution in [0.1, 0.15) is 22.0 Å². The minimum absolute atomic E-state index is 0.0262. The molecule has 0 radical (unpaired) electrons. The molecule has 0 bridgehead atoms. The highest BCUT2D eigenvalue weighted by Gasteiger charge is 2.18. The number of nitrogens with zero attached hydrogens (tertiary/aromatic N) is 1. The number of carbonyl (C=O) groups excluding carboxylic acids is 1. The van der Waals surface area contributed by atoms with E-state index in [0.29, 0.717) is 15.6 Å². The number of nitrogens with two attached hydrogens (primary N) is 1. The molecule has 9 heteroatoms. The van der Waals surface area contributed by atoms with Crippen molar-refractivity contribution in [2.45, 2.75) is 6.10 Å². The van der Waals surface area contributed by atoms with Crippen LogP contribution >= 0.6 is 23.2 Å². The molecule has 2 aromatic carbocycles. The number of nitro benzene ring substituents is 1. The number of hydrogen-bond acceptors (Lipinski definition) is 5. The van der Waals surface area contributed by atoms with Crippen molar-refractivity contribution in [3.8, 4) is 0 Å². The number of benzene rings is 2. The third-order valence-corrected chi connectivity index (χ3v) is 3.96. The molecule has 1 unspecified atom stereocenters. The van der Waals surface area contributed by atoms with Gasteiger partial charge in [-0.15, -0.1) is 0 Å². The molecular weight excluding hydrogens is 357 g/mol. The average Bonchev–Trinajstić information content (AvgIpc) is 2.52. The fraction of sp³-hybridized carbons (Fsp3) is 0.133. The largest absolute Gasteiger partial charge is 0.386 e. The molecule has 0 fully saturated rings. The monoisotopic (exact) mass is 369 g/mol. The minimum Gasteiger partial charge on any atom is -0.386 e. The Morgan fingerprint density at radius 1 is 1.29 bits per heavy atom. The van der Waals surface area contributed by atoms with Crippen LogP contribution in [0, 0.1) is 10.1 Å². The van der Waals surface area contributed by atoms with E-state index in [1.165, 1.54) is 12.1 Å². The van der Waals surface area contributed by atoms with Crippen LogP contribution in [0.15, 0.2) is 36.4 Å². The van der Waals surface area contributed by atoms with Crippen molar-refractivity contribution in [3.63, 3.8) is 0 Å². The van der Waals surface area contributed by atoms with Crippen molar-refractivity contribution in [1.82, 2.24) is 0 Å². The van der Waals surface area contributed by atoms with Gasteiger partial charge in [0.05, 0.1) is 16.6 Å². The summed E-state index contributed by atoms with van der Waals surface area (Å²) >= 11 is 12.0. The van der Waals surface area contributed by atoms with Gasteiger partial charge in [0, 0.05) is 40.0 Å². The molecule has 0 spiro atoms. The number of aliphatic hydroxyl groups is 1. The smallest absolute Gasteiger partial charge is 0.270 e. The first kappa shape index (κ1) is 18.0. The lowest BCUT2D eigenvalue weighted by Crippen LogP contribution is -2.18. The number of hydrogen-bond donors (Lipinski definition) is 3. The van der Waals surface area contributed by atoms with Crippen LogP contribution < -0.4 is 11.1 Å². The lowest BCUT2D eigenvalue weighted by molar-refractivity contribution is -0.384. The number of primary amides is 1. The number of carbonyl (C=O) groups is 1. The Morgan fingerprint density at radius 3 is 2.46 bits per heavy atom. The topological polar surface area (TPSA) is 118 Å². The van der Waals surface area contributed by atoms with E-state index in [-0.39, 0.29) is 23.5 Å². The Kier molecular flexibility index (Phi) is 5.61. The van der Waals surface area contributed by atoms with E-state index in [4.69, 9.17) is 28.9 Å². The minimum atomic E-state index is -1.05. The van der Waals surface area contributed by atoms with E-state index in [1.807, 2.05) is 0 Å². The maximum atomic E-state index is 11.5. The number of halogens is 2. The van der Waals surface area contributed by atoms with Gasteiger partial charge in [0.2, 0.25) is 0 Å². The van der Waals surface area contributed by atoms with Gasteiger partial charge in [0.25, 0.3) is 11.6 Å². The van der Waals surface area contributed by atoms with Crippen molar-refractivity contribution in [1.29, 1.82) is 0 Å². The van der Waals surface area contributed by atoms with Crippen LogP contribution in [-0.4, -0.2) is 22.5 Å². The van der Waals surface area contributed by atoms with Crippen LogP contribution in [0.3, 0.4) is 0 Å². The van der Waals surface area contributed by atoms with Crippen molar-refractivity contribution >= 4 is 40.5 Å². The van der Waals surface area contributed by atoms with E-state index in [0.717, 1.165) is 6.07 Å². The quantitative estimate of drug-likeness (QED) is 0.533. The van der Waals surface area contributed by atoms with E-state index >= 15 is 0 Å². The van der Waals surface area contributed by atoms with Gasteiger partial charge in [-0.05, 0) is 18.2 Å². The Balaban J connectivity index is 2.22. The van der Waals surface area contributed by atoms with Gasteiger partial charge in [-0.25, -0.2) is 0 Å². The van der Waals surface area contributed by atoms with Crippen molar-refractivity contribution in [2.24, 2.45) is 5.73 Å². The standard InChI is InChI=1S/C15H13Cl2N3O4/c16-10-2-1-3-11(17)14(10)13(21)7-19-12-5-4-8(20(23)24)6-9(12)15(18)22/h1-6,13,19,21H,7H2,(H2,18,22). The maximum Gasteiger partial charge on any atom is 0.270 e. The number of amides is 1. The molecule has 2 aromatic rings. The molecule has 126 valence electrons. The summed E-state index contributed by atoms with van der Waals surface area (Å²) < 4.78 is 0. The molecule has 7 nitrogen and oxygen atoms in total. The molecule has 0 saturated carbocycles. The summed E-state index contributed by atoms with van der Waals surface area (Å²) in [6, 6.07) is 8.47. The number of anilines is 1. The van der Waals surface area contributed by atoms with E-state index < -0.39 is 16.9 Å². The molecule has 24 heavy (non-hydrogen) atoms. The Labute approximate surface area is 147 Å². The molecule has 0 aliphatic rings. The van der Waals surface area contributed by atoms with Crippen molar-refractivity contribution in [3.05, 3.63) is 67.7 Å². The predicted octanol–water partition coefficient (Wildman–Crippen LogP) is 3.15. The van der Waals surface area contributed by atoms with Gasteiger partial charge < -0.3 is 16.2 Å². The summed E-state index contributed by atoms with van der Waals surface area (Å²) in [6.07, 6.45) is -1.05. The molecule has 0 aliphatic heterocycles. The molecule has 0 aromatic heterocycles. The first-order chi connectivity index (χ1) is 11.3. The Morgan fingerprint density at radius 2 is 1.92 bits per heavy atom. The van der Waals surface area contributed by atoms with Crippen LogP contribution in [-0.2, 0) is 0 Å². The fourth-order valence-corrected chi connectivity index (χ4v) is 2.79. The molecule has 1 amide bonds. The van der Waals surface area contributed by atoms with Gasteiger partial charge >= 0.3 is 0 Å². The number of nitro groups is 1. The second-order valence-corrected chi connectivity index (χ2v) is 5.70. The Bertz CT molecular complexity index is 778. The lowest BCUT2D eigenvalue weighted by atomic mass is 10.1. The van der Waals surface area contributed by atoms with Crippen LogP contribution in [0.4, 0.5) is 11.4 Å². The molecule has 0 saturated heterocycles. The zero-order chi connectivity index (χ0) is 17.9. The third-order valence-electron chi connectivity index (χ3n) is 3.30. The zero-order valence-electron chi connectivity index (χ0n) is 12.2. The molecule has 4 N–H and O–H groups in total. The summed E-state index contributed by atoms with van der Waals surface area (Å²) in [5.74, 6) is -0.827. The Hall–Kier alpha value is -2.35. The van der Waals surface area contributed by atoms with Gasteiger partial charge in [0.1, 0.15) is 0 Å². The predicted molar refractivity (Wildman–Crippen MR) is 91.5 cm³/mol. The number of aliphatic hydroxyl groups excluding tert-OH is 1. The van der Waals surface area contributed by atoms with E-state index in [9.17, 15) is 20.0 Å². The first-order valence-corrected chi connectivity index (χ1v) is 7.51. The highest BCUT2D eigenvalue weighted by atomic mass is 35.5. The maximum absolute atomic E-state index is 11.5. The van der Waals surface area contributed by atoms with Gasteiger partial charge in [-0.1, -0.05) is 29.3 Å². The van der Waals surface area contributed by atoms with Crippen LogP contribution in [0.25, 0.3) is 0 Å².